The second kappa shape index (κ2) is 6.26. The van der Waals surface area contributed by atoms with E-state index in [1.54, 1.807) is 0 Å². The Labute approximate surface area is 121 Å². The van der Waals surface area contributed by atoms with Crippen LogP contribution in [0.1, 0.15) is 31.0 Å². The minimum atomic E-state index is -0.280. The fourth-order valence-electron chi connectivity index (χ4n) is 1.85. The van der Waals surface area contributed by atoms with Crippen molar-refractivity contribution in [3.63, 3.8) is 0 Å². The minimum Gasteiger partial charge on any atom is -0.480 e. The fourth-order valence-corrected chi connectivity index (χ4v) is 2.23. The van der Waals surface area contributed by atoms with Crippen LogP contribution in [0.25, 0.3) is 0 Å². The lowest BCUT2D eigenvalue weighted by molar-refractivity contribution is 0.142. The van der Waals surface area contributed by atoms with Gasteiger partial charge in [-0.1, -0.05) is 19.1 Å². The third-order valence-corrected chi connectivity index (χ3v) is 3.65. The highest BCUT2D eigenvalue weighted by molar-refractivity contribution is 9.10. The van der Waals surface area contributed by atoms with Gasteiger partial charge < -0.3 is 14.9 Å². The Morgan fingerprint density at radius 1 is 1.26 bits per heavy atom. The SMILES string of the molecule is CCC(N)C(Oc1ccccc1Br)c1ccc(C)o1. The normalized spacial score (nSPS) is 14.1. The number of hydrogen-bond donors (Lipinski definition) is 1. The van der Waals surface area contributed by atoms with E-state index in [0.29, 0.717) is 0 Å². The zero-order chi connectivity index (χ0) is 13.8. The van der Waals surface area contributed by atoms with Crippen LogP contribution in [-0.4, -0.2) is 6.04 Å². The molecule has 1 aromatic heterocycles. The molecule has 2 unspecified atom stereocenters. The zero-order valence-electron chi connectivity index (χ0n) is 11.1. The summed E-state index contributed by atoms with van der Waals surface area (Å²) in [6.45, 7) is 3.95. The number of furan rings is 1. The maximum atomic E-state index is 6.16. The first-order valence-electron chi connectivity index (χ1n) is 6.35. The monoisotopic (exact) mass is 323 g/mol. The molecular formula is C15H18BrNO2. The van der Waals surface area contributed by atoms with Crippen LogP contribution >= 0.6 is 15.9 Å². The van der Waals surface area contributed by atoms with Gasteiger partial charge in [0.05, 0.1) is 4.47 Å². The van der Waals surface area contributed by atoms with Gasteiger partial charge in [0.15, 0.2) is 6.10 Å². The molecule has 2 atom stereocenters. The molecule has 0 radical (unpaired) electrons. The van der Waals surface area contributed by atoms with Crippen molar-refractivity contribution in [1.29, 1.82) is 0 Å². The Hall–Kier alpha value is -1.26. The molecule has 2 rings (SSSR count). The summed E-state index contributed by atoms with van der Waals surface area (Å²) in [5, 5.41) is 0. The van der Waals surface area contributed by atoms with E-state index in [2.05, 4.69) is 15.9 Å². The quantitative estimate of drug-likeness (QED) is 0.896. The summed E-state index contributed by atoms with van der Waals surface area (Å²) in [7, 11) is 0. The molecule has 102 valence electrons. The summed E-state index contributed by atoms with van der Waals surface area (Å²) in [6, 6.07) is 11.5. The van der Waals surface area contributed by atoms with Gasteiger partial charge in [0.1, 0.15) is 17.3 Å². The van der Waals surface area contributed by atoms with E-state index in [1.165, 1.54) is 0 Å². The van der Waals surface area contributed by atoms with Crippen molar-refractivity contribution in [1.82, 2.24) is 0 Å². The second-order valence-electron chi connectivity index (χ2n) is 4.49. The van der Waals surface area contributed by atoms with E-state index in [9.17, 15) is 0 Å². The lowest BCUT2D eigenvalue weighted by Gasteiger charge is -2.23. The van der Waals surface area contributed by atoms with Crippen molar-refractivity contribution in [2.75, 3.05) is 0 Å². The molecule has 0 bridgehead atoms. The molecule has 0 spiro atoms. The lowest BCUT2D eigenvalue weighted by atomic mass is 10.1. The van der Waals surface area contributed by atoms with Crippen molar-refractivity contribution < 1.29 is 9.15 Å². The average Bonchev–Trinajstić information content (AvgIpc) is 2.83. The highest BCUT2D eigenvalue weighted by atomic mass is 79.9. The molecule has 0 saturated carbocycles. The highest BCUT2D eigenvalue weighted by Crippen LogP contribution is 2.31. The van der Waals surface area contributed by atoms with Gasteiger partial charge in [0.2, 0.25) is 0 Å². The summed E-state index contributed by atoms with van der Waals surface area (Å²) in [5.74, 6) is 2.40. The number of nitrogens with two attached hydrogens (primary N) is 1. The van der Waals surface area contributed by atoms with Crippen LogP contribution in [0.4, 0.5) is 0 Å². The lowest BCUT2D eigenvalue weighted by Crippen LogP contribution is -2.31. The largest absolute Gasteiger partial charge is 0.480 e. The Morgan fingerprint density at radius 3 is 2.58 bits per heavy atom. The van der Waals surface area contributed by atoms with Gasteiger partial charge in [0, 0.05) is 6.04 Å². The van der Waals surface area contributed by atoms with E-state index >= 15 is 0 Å². The van der Waals surface area contributed by atoms with Gasteiger partial charge in [0.25, 0.3) is 0 Å². The highest BCUT2D eigenvalue weighted by Gasteiger charge is 2.24. The standard InChI is InChI=1S/C15H18BrNO2/c1-3-12(17)15(14-9-8-10(2)18-14)19-13-7-5-4-6-11(13)16/h4-9,12,15H,3,17H2,1-2H3. The Bertz CT molecular complexity index is 538. The number of halogens is 1. The third kappa shape index (κ3) is 3.39. The van der Waals surface area contributed by atoms with Crippen molar-refractivity contribution in [2.24, 2.45) is 5.73 Å². The Kier molecular flexibility index (Phi) is 4.66. The van der Waals surface area contributed by atoms with Crippen LogP contribution < -0.4 is 10.5 Å². The van der Waals surface area contributed by atoms with E-state index < -0.39 is 0 Å². The van der Waals surface area contributed by atoms with Crippen molar-refractivity contribution in [2.45, 2.75) is 32.4 Å². The maximum Gasteiger partial charge on any atom is 0.171 e. The first-order valence-corrected chi connectivity index (χ1v) is 7.14. The number of benzene rings is 1. The van der Waals surface area contributed by atoms with Gasteiger partial charge in [-0.2, -0.15) is 0 Å². The summed E-state index contributed by atoms with van der Waals surface area (Å²) >= 11 is 3.48. The molecule has 2 aromatic rings. The van der Waals surface area contributed by atoms with Crippen LogP contribution in [-0.2, 0) is 0 Å². The third-order valence-electron chi connectivity index (χ3n) is 2.99. The smallest absolute Gasteiger partial charge is 0.171 e. The fraction of sp³-hybridized carbons (Fsp3) is 0.333. The predicted molar refractivity (Wildman–Crippen MR) is 79.2 cm³/mol. The van der Waals surface area contributed by atoms with E-state index in [-0.39, 0.29) is 12.1 Å². The van der Waals surface area contributed by atoms with Gasteiger partial charge in [-0.25, -0.2) is 0 Å². The number of rotatable bonds is 5. The van der Waals surface area contributed by atoms with E-state index in [1.807, 2.05) is 50.2 Å². The van der Waals surface area contributed by atoms with Crippen molar-refractivity contribution >= 4 is 15.9 Å². The van der Waals surface area contributed by atoms with Gasteiger partial charge in [-0.05, 0) is 53.5 Å². The molecule has 0 aliphatic heterocycles. The Morgan fingerprint density at radius 2 is 2.00 bits per heavy atom. The average molecular weight is 324 g/mol. The summed E-state index contributed by atoms with van der Waals surface area (Å²) in [4.78, 5) is 0. The van der Waals surface area contributed by atoms with Crippen LogP contribution in [0.2, 0.25) is 0 Å². The molecular weight excluding hydrogens is 306 g/mol. The van der Waals surface area contributed by atoms with Gasteiger partial charge >= 0.3 is 0 Å². The van der Waals surface area contributed by atoms with E-state index in [0.717, 1.165) is 28.2 Å². The van der Waals surface area contributed by atoms with E-state index in [4.69, 9.17) is 14.9 Å². The van der Waals surface area contributed by atoms with Crippen molar-refractivity contribution in [3.05, 3.63) is 52.4 Å². The van der Waals surface area contributed by atoms with Crippen molar-refractivity contribution in [3.8, 4) is 5.75 Å². The van der Waals surface area contributed by atoms with Gasteiger partial charge in [-0.3, -0.25) is 0 Å². The molecule has 0 amide bonds. The molecule has 2 N–H and O–H groups in total. The van der Waals surface area contributed by atoms with Gasteiger partial charge in [-0.15, -0.1) is 0 Å². The molecule has 0 aliphatic rings. The summed E-state index contributed by atoms with van der Waals surface area (Å²) < 4.78 is 12.6. The predicted octanol–water partition coefficient (Wildman–Crippen LogP) is 4.21. The number of aryl methyl sites for hydroxylation is 1. The molecule has 1 heterocycles. The maximum absolute atomic E-state index is 6.16. The number of ether oxygens (including phenoxy) is 1. The molecule has 0 fully saturated rings. The van der Waals surface area contributed by atoms with Crippen LogP contribution in [0.5, 0.6) is 5.75 Å². The first-order chi connectivity index (χ1) is 9.11. The van der Waals surface area contributed by atoms with Crippen LogP contribution in [0, 0.1) is 6.92 Å². The molecule has 0 aliphatic carbocycles. The zero-order valence-corrected chi connectivity index (χ0v) is 12.7. The molecule has 0 saturated heterocycles. The van der Waals surface area contributed by atoms with Crippen LogP contribution in [0.3, 0.4) is 0 Å². The number of hydrogen-bond acceptors (Lipinski definition) is 3. The van der Waals surface area contributed by atoms with Crippen LogP contribution in [0.15, 0.2) is 45.3 Å². The molecule has 3 nitrogen and oxygen atoms in total. The molecule has 4 heteroatoms. The summed E-state index contributed by atoms with van der Waals surface area (Å²) in [6.07, 6.45) is 0.534. The second-order valence-corrected chi connectivity index (χ2v) is 5.34. The topological polar surface area (TPSA) is 48.4 Å². The Balaban J connectivity index is 2.27. The summed E-state index contributed by atoms with van der Waals surface area (Å²) in [5.41, 5.74) is 6.16. The first kappa shape index (κ1) is 14.2. The number of para-hydroxylation sites is 1. The molecule has 1 aromatic carbocycles. The minimum absolute atomic E-state index is 0.113. The molecule has 19 heavy (non-hydrogen) atoms.